The fraction of sp³-hybridized carbons (Fsp3) is 0.263. The predicted octanol–water partition coefficient (Wildman–Crippen LogP) is 3.74. The summed E-state index contributed by atoms with van der Waals surface area (Å²) in [5.74, 6) is 0.628. The highest BCUT2D eigenvalue weighted by Crippen LogP contribution is 2.21. The van der Waals surface area contributed by atoms with Gasteiger partial charge in [-0.05, 0) is 42.7 Å². The minimum Gasteiger partial charge on any atom is -0.481 e. The topological polar surface area (TPSA) is 75.6 Å². The first-order chi connectivity index (χ1) is 11.6. The molecule has 0 aliphatic carbocycles. The number of hydrogen-bond acceptors (Lipinski definition) is 3. The molecule has 0 atom stereocenters. The number of ether oxygens (including phenoxy) is 1. The summed E-state index contributed by atoms with van der Waals surface area (Å²) in [5, 5.41) is 11.4. The Kier molecular flexibility index (Phi) is 6.83. The molecule has 1 amide bonds. The van der Waals surface area contributed by atoms with Crippen LogP contribution in [0.3, 0.4) is 0 Å². The van der Waals surface area contributed by atoms with Crippen LogP contribution in [0.15, 0.2) is 54.6 Å². The van der Waals surface area contributed by atoms with Gasteiger partial charge in [0.15, 0.2) is 0 Å². The van der Waals surface area contributed by atoms with Crippen LogP contribution >= 0.6 is 0 Å². The maximum atomic E-state index is 11.7. The van der Waals surface area contributed by atoms with Crippen molar-refractivity contribution in [3.8, 4) is 11.5 Å². The Labute approximate surface area is 141 Å². The van der Waals surface area contributed by atoms with Gasteiger partial charge >= 0.3 is 5.97 Å². The molecule has 5 heteroatoms. The van der Waals surface area contributed by atoms with E-state index in [2.05, 4.69) is 5.32 Å². The first-order valence-corrected chi connectivity index (χ1v) is 7.94. The second kappa shape index (κ2) is 9.35. The molecule has 2 aromatic rings. The highest BCUT2D eigenvalue weighted by Gasteiger charge is 2.03. The number of carbonyl (C=O) groups excluding carboxylic acids is 1. The minimum atomic E-state index is -0.826. The van der Waals surface area contributed by atoms with Crippen LogP contribution in [0.25, 0.3) is 0 Å². The lowest BCUT2D eigenvalue weighted by Crippen LogP contribution is -2.22. The van der Waals surface area contributed by atoms with E-state index in [1.807, 2.05) is 54.6 Å². The number of hydrogen-bond donors (Lipinski definition) is 2. The fourth-order valence-electron chi connectivity index (χ4n) is 2.15. The lowest BCUT2D eigenvalue weighted by Gasteiger charge is -2.08. The third kappa shape index (κ3) is 6.52. The second-order valence-corrected chi connectivity index (χ2v) is 5.44. The van der Waals surface area contributed by atoms with E-state index in [0.29, 0.717) is 25.8 Å². The quantitative estimate of drug-likeness (QED) is 0.688. The van der Waals surface area contributed by atoms with Crippen LogP contribution in [0.2, 0.25) is 0 Å². The standard InChI is InChI=1S/C19H21NO4/c21-18(8-4-5-9-19(22)23)20-14-15-10-12-17(13-11-15)24-16-6-2-1-3-7-16/h1-3,6-7,10-13H,4-5,8-9,14H2,(H,20,21)(H,22,23). The number of carbonyl (C=O) groups is 2. The van der Waals surface area contributed by atoms with E-state index in [4.69, 9.17) is 9.84 Å². The van der Waals surface area contributed by atoms with E-state index in [-0.39, 0.29) is 12.3 Å². The average Bonchev–Trinajstić information content (AvgIpc) is 2.59. The minimum absolute atomic E-state index is 0.0648. The van der Waals surface area contributed by atoms with Crippen LogP contribution in [-0.4, -0.2) is 17.0 Å². The third-order valence-corrected chi connectivity index (χ3v) is 3.44. The summed E-state index contributed by atoms with van der Waals surface area (Å²) < 4.78 is 5.71. The van der Waals surface area contributed by atoms with Gasteiger partial charge in [0, 0.05) is 19.4 Å². The molecule has 0 aromatic heterocycles. The lowest BCUT2D eigenvalue weighted by molar-refractivity contribution is -0.137. The average molecular weight is 327 g/mol. The van der Waals surface area contributed by atoms with Crippen LogP contribution in [0.5, 0.6) is 11.5 Å². The molecule has 0 bridgehead atoms. The highest BCUT2D eigenvalue weighted by molar-refractivity contribution is 5.75. The van der Waals surface area contributed by atoms with Gasteiger partial charge in [0.2, 0.25) is 5.91 Å². The molecule has 0 fully saturated rings. The SMILES string of the molecule is O=C(O)CCCCC(=O)NCc1ccc(Oc2ccccc2)cc1. The van der Waals surface area contributed by atoms with Gasteiger partial charge in [0.05, 0.1) is 0 Å². The summed E-state index contributed by atoms with van der Waals surface area (Å²) in [4.78, 5) is 22.1. The molecule has 24 heavy (non-hydrogen) atoms. The number of para-hydroxylation sites is 1. The lowest BCUT2D eigenvalue weighted by atomic mass is 10.2. The van der Waals surface area contributed by atoms with E-state index in [9.17, 15) is 9.59 Å². The molecule has 0 saturated carbocycles. The van der Waals surface area contributed by atoms with Gasteiger partial charge < -0.3 is 15.2 Å². The van der Waals surface area contributed by atoms with Crippen molar-refractivity contribution in [2.75, 3.05) is 0 Å². The van der Waals surface area contributed by atoms with Gasteiger partial charge in [-0.2, -0.15) is 0 Å². The van der Waals surface area contributed by atoms with Gasteiger partial charge in [0.1, 0.15) is 11.5 Å². The summed E-state index contributed by atoms with van der Waals surface area (Å²) in [6, 6.07) is 17.1. The Morgan fingerprint density at radius 3 is 2.17 bits per heavy atom. The Bertz CT molecular complexity index is 653. The number of benzene rings is 2. The van der Waals surface area contributed by atoms with Crippen molar-refractivity contribution in [3.63, 3.8) is 0 Å². The van der Waals surface area contributed by atoms with Crippen LogP contribution in [0.1, 0.15) is 31.2 Å². The Morgan fingerprint density at radius 2 is 1.50 bits per heavy atom. The molecule has 2 aromatic carbocycles. The van der Waals surface area contributed by atoms with Gasteiger partial charge in [0.25, 0.3) is 0 Å². The number of amides is 1. The highest BCUT2D eigenvalue weighted by atomic mass is 16.5. The van der Waals surface area contributed by atoms with E-state index in [1.165, 1.54) is 0 Å². The largest absolute Gasteiger partial charge is 0.481 e. The first-order valence-electron chi connectivity index (χ1n) is 7.94. The van der Waals surface area contributed by atoms with Gasteiger partial charge in [-0.15, -0.1) is 0 Å². The Balaban J connectivity index is 1.71. The second-order valence-electron chi connectivity index (χ2n) is 5.44. The Hall–Kier alpha value is -2.82. The van der Waals surface area contributed by atoms with E-state index >= 15 is 0 Å². The van der Waals surface area contributed by atoms with E-state index in [1.54, 1.807) is 0 Å². The zero-order chi connectivity index (χ0) is 17.2. The summed E-state index contributed by atoms with van der Waals surface area (Å²) in [6.07, 6.45) is 1.56. The molecule has 0 aliphatic heterocycles. The van der Waals surface area contributed by atoms with Crippen LogP contribution < -0.4 is 10.1 Å². The van der Waals surface area contributed by atoms with Crippen molar-refractivity contribution in [3.05, 3.63) is 60.2 Å². The van der Waals surface area contributed by atoms with Crippen molar-refractivity contribution in [2.45, 2.75) is 32.2 Å². The molecular weight excluding hydrogens is 306 g/mol. The van der Waals surface area contributed by atoms with E-state index < -0.39 is 5.97 Å². The molecule has 2 N–H and O–H groups in total. The number of unbranched alkanes of at least 4 members (excludes halogenated alkanes) is 1. The zero-order valence-corrected chi connectivity index (χ0v) is 13.4. The summed E-state index contributed by atoms with van der Waals surface area (Å²) in [6.45, 7) is 0.448. The van der Waals surface area contributed by atoms with Crippen molar-refractivity contribution >= 4 is 11.9 Å². The zero-order valence-electron chi connectivity index (χ0n) is 13.4. The maximum absolute atomic E-state index is 11.7. The summed E-state index contributed by atoms with van der Waals surface area (Å²) in [7, 11) is 0. The maximum Gasteiger partial charge on any atom is 0.303 e. The normalized spacial score (nSPS) is 10.2. The number of carboxylic acids is 1. The Morgan fingerprint density at radius 1 is 0.875 bits per heavy atom. The monoisotopic (exact) mass is 327 g/mol. The van der Waals surface area contributed by atoms with Crippen molar-refractivity contribution in [1.29, 1.82) is 0 Å². The summed E-state index contributed by atoms with van der Waals surface area (Å²) >= 11 is 0. The first kappa shape index (κ1) is 17.5. The molecule has 2 rings (SSSR count). The van der Waals surface area contributed by atoms with Gasteiger partial charge in [-0.3, -0.25) is 9.59 Å². The fourth-order valence-corrected chi connectivity index (χ4v) is 2.15. The molecule has 5 nitrogen and oxygen atoms in total. The number of aliphatic carboxylic acids is 1. The molecule has 126 valence electrons. The molecular formula is C19H21NO4. The molecule has 0 heterocycles. The van der Waals surface area contributed by atoms with Crippen LogP contribution in [0.4, 0.5) is 0 Å². The summed E-state index contributed by atoms with van der Waals surface area (Å²) in [5.41, 5.74) is 0.981. The van der Waals surface area contributed by atoms with Crippen molar-refractivity contribution in [2.24, 2.45) is 0 Å². The van der Waals surface area contributed by atoms with Crippen molar-refractivity contribution in [1.82, 2.24) is 5.32 Å². The van der Waals surface area contributed by atoms with Gasteiger partial charge in [-0.25, -0.2) is 0 Å². The van der Waals surface area contributed by atoms with Crippen LogP contribution in [-0.2, 0) is 16.1 Å². The predicted molar refractivity (Wildman–Crippen MR) is 90.9 cm³/mol. The number of carboxylic acid groups (broad SMARTS) is 1. The van der Waals surface area contributed by atoms with Gasteiger partial charge in [-0.1, -0.05) is 30.3 Å². The number of rotatable bonds is 9. The third-order valence-electron chi connectivity index (χ3n) is 3.44. The van der Waals surface area contributed by atoms with Crippen LogP contribution in [0, 0.1) is 0 Å². The molecule has 0 spiro atoms. The molecule has 0 unspecified atom stereocenters. The molecule has 0 saturated heterocycles. The van der Waals surface area contributed by atoms with E-state index in [0.717, 1.165) is 17.1 Å². The molecule has 0 radical (unpaired) electrons. The molecule has 0 aliphatic rings. The van der Waals surface area contributed by atoms with Crippen molar-refractivity contribution < 1.29 is 19.4 Å². The number of nitrogens with one attached hydrogen (secondary N) is 1. The smallest absolute Gasteiger partial charge is 0.303 e.